The number of rotatable bonds is 4. The van der Waals surface area contributed by atoms with E-state index in [0.29, 0.717) is 5.11 Å². The number of pyridine rings is 2. The van der Waals surface area contributed by atoms with E-state index in [9.17, 15) is 4.39 Å². The van der Waals surface area contributed by atoms with Crippen LogP contribution in [0.3, 0.4) is 0 Å². The minimum Gasteiger partial charge on any atom is -0.351 e. The van der Waals surface area contributed by atoms with Gasteiger partial charge in [-0.25, -0.2) is 4.39 Å². The van der Waals surface area contributed by atoms with Crippen LogP contribution in [-0.2, 0) is 0 Å². The summed E-state index contributed by atoms with van der Waals surface area (Å²) in [4.78, 5) is 10.9. The van der Waals surface area contributed by atoms with Gasteiger partial charge in [-0.3, -0.25) is 9.97 Å². The fourth-order valence-electron chi connectivity index (χ4n) is 4.16. The van der Waals surface area contributed by atoms with Gasteiger partial charge >= 0.3 is 0 Å². The first-order valence-corrected chi connectivity index (χ1v) is 10.4. The van der Waals surface area contributed by atoms with Crippen LogP contribution in [-0.4, -0.2) is 19.6 Å². The number of nitrogens with one attached hydrogen (secondary N) is 1. The molecule has 1 saturated heterocycles. The van der Waals surface area contributed by atoms with E-state index in [1.807, 2.05) is 41.4 Å². The zero-order valence-electron chi connectivity index (χ0n) is 16.8. The van der Waals surface area contributed by atoms with Gasteiger partial charge in [0.2, 0.25) is 0 Å². The number of thiocarbonyl (C=S) groups is 1. The Morgan fingerprint density at radius 1 is 0.935 bits per heavy atom. The summed E-state index contributed by atoms with van der Waals surface area (Å²) >= 11 is 5.75. The fourth-order valence-corrected chi connectivity index (χ4v) is 4.51. The maximum atomic E-state index is 13.6. The lowest BCUT2D eigenvalue weighted by Crippen LogP contribution is -2.30. The second-order valence-corrected chi connectivity index (χ2v) is 7.81. The number of halogens is 1. The Morgan fingerprint density at radius 3 is 2.48 bits per heavy atom. The van der Waals surface area contributed by atoms with Gasteiger partial charge in [-0.1, -0.05) is 6.07 Å². The Bertz CT molecular complexity index is 1210. The summed E-state index contributed by atoms with van der Waals surface area (Å²) in [5.74, 6) is -0.283. The van der Waals surface area contributed by atoms with E-state index in [1.165, 1.54) is 12.1 Å². The molecule has 5 nitrogen and oxygen atoms in total. The van der Waals surface area contributed by atoms with Gasteiger partial charge in [-0.15, -0.1) is 0 Å². The summed E-state index contributed by atoms with van der Waals surface area (Å²) < 4.78 is 15.8. The molecular weight excluding hydrogens is 409 g/mol. The maximum Gasteiger partial charge on any atom is 0.174 e. The van der Waals surface area contributed by atoms with Gasteiger partial charge in [0.25, 0.3) is 0 Å². The summed E-state index contributed by atoms with van der Waals surface area (Å²) in [6.07, 6.45) is 5.38. The highest BCUT2D eigenvalue weighted by molar-refractivity contribution is 7.80. The van der Waals surface area contributed by atoms with Crippen molar-refractivity contribution in [2.45, 2.75) is 19.0 Å². The van der Waals surface area contributed by atoms with Crippen LogP contribution < -0.4 is 10.2 Å². The molecule has 1 N–H and O–H groups in total. The van der Waals surface area contributed by atoms with Crippen LogP contribution in [0.2, 0.25) is 0 Å². The van der Waals surface area contributed by atoms with Crippen molar-refractivity contribution in [1.29, 1.82) is 0 Å². The summed E-state index contributed by atoms with van der Waals surface area (Å²) in [6.45, 7) is 2.06. The molecular formula is C24H20FN5S. The molecule has 5 rings (SSSR count). The van der Waals surface area contributed by atoms with Gasteiger partial charge < -0.3 is 14.8 Å². The largest absolute Gasteiger partial charge is 0.351 e. The van der Waals surface area contributed by atoms with Crippen LogP contribution in [0.1, 0.15) is 29.2 Å². The van der Waals surface area contributed by atoms with Gasteiger partial charge in [0, 0.05) is 29.5 Å². The monoisotopic (exact) mass is 429 g/mol. The second kappa shape index (κ2) is 7.92. The predicted octanol–water partition coefficient (Wildman–Crippen LogP) is 4.89. The Morgan fingerprint density at radius 2 is 1.77 bits per heavy atom. The molecule has 0 unspecified atom stereocenters. The number of aryl methyl sites for hydroxylation is 1. The van der Waals surface area contributed by atoms with Gasteiger partial charge in [0.1, 0.15) is 11.9 Å². The Kier molecular flexibility index (Phi) is 4.95. The van der Waals surface area contributed by atoms with Crippen molar-refractivity contribution in [3.8, 4) is 5.69 Å². The zero-order chi connectivity index (χ0) is 21.4. The molecule has 0 aliphatic carbocycles. The first-order chi connectivity index (χ1) is 15.1. The van der Waals surface area contributed by atoms with Gasteiger partial charge in [-0.2, -0.15) is 0 Å². The lowest BCUT2D eigenvalue weighted by atomic mass is 10.0. The summed E-state index contributed by atoms with van der Waals surface area (Å²) in [7, 11) is 0. The smallest absolute Gasteiger partial charge is 0.174 e. The van der Waals surface area contributed by atoms with Gasteiger partial charge in [-0.05, 0) is 79.8 Å². The fraction of sp³-hybridized carbons (Fsp3) is 0.125. The molecule has 0 bridgehead atoms. The second-order valence-electron chi connectivity index (χ2n) is 7.42. The molecule has 1 fully saturated rings. The molecule has 1 aliphatic heterocycles. The average molecular weight is 430 g/mol. The molecule has 154 valence electrons. The number of nitrogens with zero attached hydrogens (tertiary/aromatic N) is 4. The Balaban J connectivity index is 1.70. The molecule has 3 aromatic heterocycles. The van der Waals surface area contributed by atoms with E-state index in [1.54, 1.807) is 24.5 Å². The number of anilines is 1. The molecule has 1 aromatic carbocycles. The first kappa shape index (κ1) is 19.4. The third-order valence-corrected chi connectivity index (χ3v) is 5.83. The minimum absolute atomic E-state index is 0.177. The third kappa shape index (κ3) is 3.47. The van der Waals surface area contributed by atoms with Crippen LogP contribution in [0.4, 0.5) is 10.1 Å². The standard InChI is InChI=1S/C24H20FN5S/c1-16-7-12-21(29(16)19-5-4-13-26-15-19)23-22(20-6-2-3-14-27-20)28-24(31)30(23)18-10-8-17(25)9-11-18/h2-15,22-23H,1H3,(H,28,31)/t22-,23+/m0/s1. The number of aromatic nitrogens is 3. The predicted molar refractivity (Wildman–Crippen MR) is 123 cm³/mol. The van der Waals surface area contributed by atoms with Crippen molar-refractivity contribution in [2.24, 2.45) is 0 Å². The van der Waals surface area contributed by atoms with Crippen LogP contribution in [0.25, 0.3) is 5.69 Å². The molecule has 4 aromatic rings. The van der Waals surface area contributed by atoms with Crippen LogP contribution >= 0.6 is 12.2 Å². The number of hydrogen-bond acceptors (Lipinski definition) is 3. The minimum atomic E-state index is -0.283. The molecule has 4 heterocycles. The third-order valence-electron chi connectivity index (χ3n) is 5.52. The molecule has 0 amide bonds. The zero-order valence-corrected chi connectivity index (χ0v) is 17.6. The first-order valence-electron chi connectivity index (χ1n) is 9.98. The summed E-state index contributed by atoms with van der Waals surface area (Å²) in [5.41, 5.74) is 4.80. The highest BCUT2D eigenvalue weighted by Gasteiger charge is 2.42. The van der Waals surface area contributed by atoms with Gasteiger partial charge in [0.05, 0.1) is 23.6 Å². The van der Waals surface area contributed by atoms with Gasteiger partial charge in [0.15, 0.2) is 5.11 Å². The van der Waals surface area contributed by atoms with E-state index >= 15 is 0 Å². The lowest BCUT2D eigenvalue weighted by molar-refractivity contribution is 0.547. The molecule has 1 aliphatic rings. The molecule has 7 heteroatoms. The van der Waals surface area contributed by atoms with E-state index in [2.05, 4.69) is 38.9 Å². The molecule has 31 heavy (non-hydrogen) atoms. The van der Waals surface area contributed by atoms with Crippen LogP contribution in [0.15, 0.2) is 85.3 Å². The number of hydrogen-bond donors (Lipinski definition) is 1. The van der Waals surface area contributed by atoms with Crippen molar-refractivity contribution >= 4 is 23.0 Å². The van der Waals surface area contributed by atoms with Crippen LogP contribution in [0.5, 0.6) is 0 Å². The van der Waals surface area contributed by atoms with E-state index < -0.39 is 0 Å². The van der Waals surface area contributed by atoms with Crippen molar-refractivity contribution in [3.05, 3.63) is 108 Å². The number of benzene rings is 1. The van der Waals surface area contributed by atoms with Crippen molar-refractivity contribution < 1.29 is 4.39 Å². The summed E-state index contributed by atoms with van der Waals surface area (Å²) in [6, 6.07) is 20.0. The van der Waals surface area contributed by atoms with E-state index in [-0.39, 0.29) is 17.9 Å². The highest BCUT2D eigenvalue weighted by atomic mass is 32.1. The topological polar surface area (TPSA) is 46.0 Å². The maximum absolute atomic E-state index is 13.6. The summed E-state index contributed by atoms with van der Waals surface area (Å²) in [5, 5.41) is 4.02. The van der Waals surface area contributed by atoms with Crippen molar-refractivity contribution in [2.75, 3.05) is 4.90 Å². The Hall–Kier alpha value is -3.58. The molecule has 0 radical (unpaired) electrons. The highest BCUT2D eigenvalue weighted by Crippen LogP contribution is 2.42. The quantitative estimate of drug-likeness (QED) is 0.468. The molecule has 2 atom stereocenters. The lowest BCUT2D eigenvalue weighted by Gasteiger charge is -2.29. The normalized spacial score (nSPS) is 18.3. The van der Waals surface area contributed by atoms with E-state index in [4.69, 9.17) is 12.2 Å². The van der Waals surface area contributed by atoms with Crippen LogP contribution in [0, 0.1) is 12.7 Å². The van der Waals surface area contributed by atoms with Crippen molar-refractivity contribution in [1.82, 2.24) is 19.9 Å². The molecule has 0 spiro atoms. The van der Waals surface area contributed by atoms with E-state index in [0.717, 1.165) is 28.5 Å². The Labute approximate surface area is 185 Å². The van der Waals surface area contributed by atoms with Crippen molar-refractivity contribution in [3.63, 3.8) is 0 Å². The average Bonchev–Trinajstić information content (AvgIpc) is 3.35. The molecule has 0 saturated carbocycles. The SMILES string of the molecule is Cc1ccc([C@@H]2[C@H](c3ccccn3)NC(=S)N2c2ccc(F)cc2)n1-c1cccnc1.